The largest absolute Gasteiger partial charge is 0.392 e. The van der Waals surface area contributed by atoms with Crippen LogP contribution in [0.4, 0.5) is 0 Å². The molecule has 0 spiro atoms. The second-order valence-electron chi connectivity index (χ2n) is 5.68. The average Bonchev–Trinajstić information content (AvgIpc) is 2.30. The summed E-state index contributed by atoms with van der Waals surface area (Å²) in [5.41, 5.74) is 0.301. The minimum absolute atomic E-state index is 0.0387. The molecule has 5 heteroatoms. The number of carbonyl (C=O) groups is 1. The van der Waals surface area contributed by atoms with Crippen molar-refractivity contribution in [2.24, 2.45) is 5.41 Å². The summed E-state index contributed by atoms with van der Waals surface area (Å²) in [4.78, 5) is 14.2. The zero-order chi connectivity index (χ0) is 14.2. The molecule has 1 saturated heterocycles. The Balaban J connectivity index is 2.20. The smallest absolute Gasteiger partial charge is 0.253 e. The highest BCUT2D eigenvalue weighted by Gasteiger charge is 2.36. The van der Waals surface area contributed by atoms with Crippen LogP contribution < -0.4 is 0 Å². The van der Waals surface area contributed by atoms with Gasteiger partial charge in [-0.15, -0.1) is 0 Å². The van der Waals surface area contributed by atoms with Crippen LogP contribution in [-0.4, -0.2) is 35.1 Å². The van der Waals surface area contributed by atoms with Gasteiger partial charge in [0.25, 0.3) is 5.91 Å². The molecule has 0 aliphatic carbocycles. The van der Waals surface area contributed by atoms with Crippen molar-refractivity contribution in [3.63, 3.8) is 0 Å². The summed E-state index contributed by atoms with van der Waals surface area (Å²) in [6.45, 7) is 5.08. The van der Waals surface area contributed by atoms with Crippen molar-refractivity contribution in [1.29, 1.82) is 0 Å². The van der Waals surface area contributed by atoms with E-state index in [1.165, 1.54) is 0 Å². The number of rotatable bonds is 1. The van der Waals surface area contributed by atoms with Crippen LogP contribution in [0, 0.1) is 5.41 Å². The van der Waals surface area contributed by atoms with Crippen LogP contribution in [0.5, 0.6) is 0 Å². The van der Waals surface area contributed by atoms with E-state index < -0.39 is 0 Å². The van der Waals surface area contributed by atoms with Crippen molar-refractivity contribution < 1.29 is 9.90 Å². The number of aliphatic hydroxyl groups is 1. The highest BCUT2D eigenvalue weighted by molar-refractivity contribution is 9.10. The third kappa shape index (κ3) is 3.30. The van der Waals surface area contributed by atoms with E-state index in [4.69, 9.17) is 11.6 Å². The minimum atomic E-state index is -0.359. The number of carbonyl (C=O) groups excluding carboxylic acids is 1. The lowest BCUT2D eigenvalue weighted by molar-refractivity contribution is -0.0182. The molecule has 0 aromatic heterocycles. The Labute approximate surface area is 126 Å². The van der Waals surface area contributed by atoms with E-state index in [1.807, 2.05) is 13.8 Å². The molecule has 2 rings (SSSR count). The first-order valence-electron chi connectivity index (χ1n) is 6.23. The summed E-state index contributed by atoms with van der Waals surface area (Å²) in [5.74, 6) is -0.0387. The number of likely N-dealkylation sites (tertiary alicyclic amines) is 1. The molecule has 1 aliphatic heterocycles. The number of amides is 1. The third-order valence-corrected chi connectivity index (χ3v) is 4.25. The Kier molecular flexibility index (Phi) is 4.23. The van der Waals surface area contributed by atoms with Gasteiger partial charge in [0.05, 0.1) is 6.10 Å². The summed E-state index contributed by atoms with van der Waals surface area (Å²) >= 11 is 9.31. The van der Waals surface area contributed by atoms with Crippen LogP contribution >= 0.6 is 27.5 Å². The van der Waals surface area contributed by atoms with Crippen LogP contribution in [0.1, 0.15) is 30.6 Å². The molecule has 1 N–H and O–H groups in total. The second kappa shape index (κ2) is 5.43. The highest BCUT2D eigenvalue weighted by atomic mass is 79.9. The fraction of sp³-hybridized carbons (Fsp3) is 0.500. The first kappa shape index (κ1) is 14.8. The van der Waals surface area contributed by atoms with Gasteiger partial charge in [-0.2, -0.15) is 0 Å². The van der Waals surface area contributed by atoms with Gasteiger partial charge in [-0.3, -0.25) is 4.79 Å². The molecule has 104 valence electrons. The van der Waals surface area contributed by atoms with Gasteiger partial charge in [-0.05, 0) is 24.6 Å². The molecule has 1 heterocycles. The van der Waals surface area contributed by atoms with Crippen LogP contribution in [0.2, 0.25) is 5.02 Å². The van der Waals surface area contributed by atoms with Gasteiger partial charge in [-0.1, -0.05) is 41.4 Å². The molecule has 0 radical (unpaired) electrons. The predicted octanol–water partition coefficient (Wildman–Crippen LogP) is 3.34. The third-order valence-electron chi connectivity index (χ3n) is 3.57. The zero-order valence-corrected chi connectivity index (χ0v) is 13.3. The highest BCUT2D eigenvalue weighted by Crippen LogP contribution is 2.30. The van der Waals surface area contributed by atoms with Gasteiger partial charge in [0.15, 0.2) is 0 Å². The summed E-state index contributed by atoms with van der Waals surface area (Å²) in [6.07, 6.45) is 0.253. The standard InChI is InChI=1S/C14H17BrClNO2/c1-14(2)8-17(4-3-12(14)18)13(19)9-5-10(15)7-11(16)6-9/h5-7,12,18H,3-4,8H2,1-2H3. The van der Waals surface area contributed by atoms with Crippen LogP contribution in [0.25, 0.3) is 0 Å². The Morgan fingerprint density at radius 1 is 1.47 bits per heavy atom. The van der Waals surface area contributed by atoms with Crippen molar-refractivity contribution in [3.8, 4) is 0 Å². The summed E-state index contributed by atoms with van der Waals surface area (Å²) in [5, 5.41) is 10.5. The summed E-state index contributed by atoms with van der Waals surface area (Å²) in [6, 6.07) is 5.20. The molecule has 1 atom stereocenters. The fourth-order valence-corrected chi connectivity index (χ4v) is 3.24. The Bertz CT molecular complexity index is 484. The summed E-state index contributed by atoms with van der Waals surface area (Å²) < 4.78 is 0.791. The van der Waals surface area contributed by atoms with Gasteiger partial charge < -0.3 is 10.0 Å². The number of piperidine rings is 1. The maximum Gasteiger partial charge on any atom is 0.253 e. The molecule has 1 aromatic carbocycles. The topological polar surface area (TPSA) is 40.5 Å². The SMILES string of the molecule is CC1(C)CN(C(=O)c2cc(Cl)cc(Br)c2)CCC1O. The van der Waals surface area contributed by atoms with Crippen LogP contribution in [0.15, 0.2) is 22.7 Å². The van der Waals surface area contributed by atoms with Gasteiger partial charge in [0.2, 0.25) is 0 Å². The molecule has 1 unspecified atom stereocenters. The zero-order valence-electron chi connectivity index (χ0n) is 11.0. The van der Waals surface area contributed by atoms with E-state index in [2.05, 4.69) is 15.9 Å². The minimum Gasteiger partial charge on any atom is -0.392 e. The van der Waals surface area contributed by atoms with E-state index in [0.29, 0.717) is 30.1 Å². The molecular weight excluding hydrogens is 330 g/mol. The molecule has 0 bridgehead atoms. The molecule has 19 heavy (non-hydrogen) atoms. The van der Waals surface area contributed by atoms with Crippen molar-refractivity contribution >= 4 is 33.4 Å². The lowest BCUT2D eigenvalue weighted by Gasteiger charge is -2.41. The number of benzene rings is 1. The van der Waals surface area contributed by atoms with Crippen LogP contribution in [0.3, 0.4) is 0 Å². The summed E-state index contributed by atoms with van der Waals surface area (Å²) in [7, 11) is 0. The number of hydrogen-bond donors (Lipinski definition) is 1. The van der Waals surface area contributed by atoms with Crippen molar-refractivity contribution in [1.82, 2.24) is 4.90 Å². The maximum atomic E-state index is 12.5. The average molecular weight is 347 g/mol. The van der Waals surface area contributed by atoms with E-state index in [0.717, 1.165) is 4.47 Å². The van der Waals surface area contributed by atoms with E-state index in [-0.39, 0.29) is 17.4 Å². The van der Waals surface area contributed by atoms with Crippen molar-refractivity contribution in [2.75, 3.05) is 13.1 Å². The second-order valence-corrected chi connectivity index (χ2v) is 7.03. The molecule has 3 nitrogen and oxygen atoms in total. The van der Waals surface area contributed by atoms with Gasteiger partial charge in [0.1, 0.15) is 0 Å². The monoisotopic (exact) mass is 345 g/mol. The Morgan fingerprint density at radius 2 is 2.16 bits per heavy atom. The normalized spacial score (nSPS) is 22.4. The number of halogens is 2. The fourth-order valence-electron chi connectivity index (χ4n) is 2.38. The van der Waals surface area contributed by atoms with Crippen molar-refractivity contribution in [2.45, 2.75) is 26.4 Å². The molecular formula is C14H17BrClNO2. The predicted molar refractivity (Wildman–Crippen MR) is 79.5 cm³/mol. The van der Waals surface area contributed by atoms with Crippen molar-refractivity contribution in [3.05, 3.63) is 33.3 Å². The Hall–Kier alpha value is -0.580. The number of aliphatic hydroxyl groups excluding tert-OH is 1. The van der Waals surface area contributed by atoms with E-state index in [1.54, 1.807) is 23.1 Å². The van der Waals surface area contributed by atoms with Gasteiger partial charge in [-0.25, -0.2) is 0 Å². The first-order chi connectivity index (χ1) is 8.79. The first-order valence-corrected chi connectivity index (χ1v) is 7.40. The van der Waals surface area contributed by atoms with E-state index in [9.17, 15) is 9.90 Å². The van der Waals surface area contributed by atoms with E-state index >= 15 is 0 Å². The quantitative estimate of drug-likeness (QED) is 0.847. The van der Waals surface area contributed by atoms with Gasteiger partial charge >= 0.3 is 0 Å². The number of nitrogens with zero attached hydrogens (tertiary/aromatic N) is 1. The lowest BCUT2D eigenvalue weighted by Crippen LogP contribution is -2.50. The molecule has 0 saturated carbocycles. The molecule has 1 aliphatic rings. The molecule has 1 amide bonds. The number of hydrogen-bond acceptors (Lipinski definition) is 2. The van der Waals surface area contributed by atoms with Crippen LogP contribution in [-0.2, 0) is 0 Å². The van der Waals surface area contributed by atoms with Gasteiger partial charge in [0, 0.05) is 33.6 Å². The maximum absolute atomic E-state index is 12.5. The molecule has 1 aromatic rings. The lowest BCUT2D eigenvalue weighted by atomic mass is 9.81. The Morgan fingerprint density at radius 3 is 2.74 bits per heavy atom. The molecule has 1 fully saturated rings.